The number of carbonyl (C=O) groups is 2. The fourth-order valence-corrected chi connectivity index (χ4v) is 5.04. The summed E-state index contributed by atoms with van der Waals surface area (Å²) in [6.07, 6.45) is 1.57. The molecule has 4 aromatic carbocycles. The summed E-state index contributed by atoms with van der Waals surface area (Å²) in [5.74, 6) is -0.792. The van der Waals surface area contributed by atoms with E-state index in [1.54, 1.807) is 18.3 Å². The van der Waals surface area contributed by atoms with Crippen molar-refractivity contribution < 1.29 is 19.4 Å². The van der Waals surface area contributed by atoms with Crippen LogP contribution in [0.15, 0.2) is 109 Å². The van der Waals surface area contributed by atoms with Crippen molar-refractivity contribution in [2.45, 2.75) is 19.1 Å². The third-order valence-electron chi connectivity index (χ3n) is 7.16. The second kappa shape index (κ2) is 12.0. The molecular formula is C33H28N6O4. The molecule has 2 aromatic heterocycles. The molecule has 2 heterocycles. The number of anilines is 1. The highest BCUT2D eigenvalue weighted by molar-refractivity contribution is 6.02. The number of hydrogen-bond acceptors (Lipinski definition) is 7. The summed E-state index contributed by atoms with van der Waals surface area (Å²) in [5, 5.41) is 22.8. The number of nitrogens with one attached hydrogen (secondary N) is 1. The highest BCUT2D eigenvalue weighted by atomic mass is 16.5. The molecule has 0 unspecified atom stereocenters. The highest BCUT2D eigenvalue weighted by Crippen LogP contribution is 2.35. The minimum atomic E-state index is -1.18. The number of methoxy groups -OCH3 is 1. The number of hydrogen-bond donors (Lipinski definition) is 2. The van der Waals surface area contributed by atoms with E-state index < -0.39 is 17.9 Å². The van der Waals surface area contributed by atoms with Crippen LogP contribution in [0.4, 0.5) is 5.69 Å². The second-order valence-corrected chi connectivity index (χ2v) is 9.92. The first-order chi connectivity index (χ1) is 21.0. The van der Waals surface area contributed by atoms with Crippen LogP contribution >= 0.6 is 0 Å². The van der Waals surface area contributed by atoms with E-state index in [1.165, 1.54) is 22.8 Å². The van der Waals surface area contributed by atoms with E-state index in [0.29, 0.717) is 22.3 Å². The monoisotopic (exact) mass is 572 g/mol. The molecule has 6 rings (SSSR count). The fourth-order valence-electron chi connectivity index (χ4n) is 5.04. The van der Waals surface area contributed by atoms with Crippen LogP contribution in [-0.4, -0.2) is 44.0 Å². The van der Waals surface area contributed by atoms with Crippen LogP contribution in [0.3, 0.4) is 0 Å². The SMILES string of the molecule is COc1ccc([C@@H](C(=O)NCc2ccccc2)N(C(=O)Cn2nnc3ccccc32)c2cnc3ccccc3c2)cc1O. The molecule has 0 aliphatic rings. The average molecular weight is 573 g/mol. The van der Waals surface area contributed by atoms with Crippen molar-refractivity contribution in [3.05, 3.63) is 120 Å². The summed E-state index contributed by atoms with van der Waals surface area (Å²) in [7, 11) is 1.44. The van der Waals surface area contributed by atoms with Crippen molar-refractivity contribution in [3.63, 3.8) is 0 Å². The van der Waals surface area contributed by atoms with Crippen molar-refractivity contribution in [3.8, 4) is 11.5 Å². The molecule has 10 heteroatoms. The van der Waals surface area contributed by atoms with Gasteiger partial charge in [-0.3, -0.25) is 19.5 Å². The van der Waals surface area contributed by atoms with Gasteiger partial charge in [-0.25, -0.2) is 4.68 Å². The van der Waals surface area contributed by atoms with Gasteiger partial charge in [0.15, 0.2) is 11.5 Å². The first-order valence-corrected chi connectivity index (χ1v) is 13.7. The minimum Gasteiger partial charge on any atom is -0.504 e. The predicted molar refractivity (Wildman–Crippen MR) is 162 cm³/mol. The number of pyridine rings is 1. The standard InChI is InChI=1S/C33H28N6O4/c1-43-30-16-15-24(18-29(30)40)32(33(42)35-19-22-9-3-2-4-10-22)39(25-17-23-11-5-6-12-26(23)34-20-25)31(41)21-38-28-14-8-7-13-27(28)36-37-38/h2-18,20,32,40H,19,21H2,1H3,(H,35,42)/t32-/m0/s1. The van der Waals surface area contributed by atoms with Crippen LogP contribution < -0.4 is 15.0 Å². The molecule has 43 heavy (non-hydrogen) atoms. The van der Waals surface area contributed by atoms with Gasteiger partial charge < -0.3 is 15.2 Å². The van der Waals surface area contributed by atoms with Crippen LogP contribution in [0.25, 0.3) is 21.9 Å². The van der Waals surface area contributed by atoms with Gasteiger partial charge in [0.2, 0.25) is 11.8 Å². The lowest BCUT2D eigenvalue weighted by Gasteiger charge is -2.31. The number of phenolic OH excluding ortho intramolecular Hbond substituents is 1. The number of aromatic nitrogens is 4. The number of para-hydroxylation sites is 2. The molecule has 2 amide bonds. The maximum Gasteiger partial charge on any atom is 0.249 e. The molecule has 1 atom stereocenters. The van der Waals surface area contributed by atoms with Gasteiger partial charge in [-0.2, -0.15) is 0 Å². The van der Waals surface area contributed by atoms with E-state index in [9.17, 15) is 14.7 Å². The van der Waals surface area contributed by atoms with Gasteiger partial charge in [-0.05, 0) is 47.5 Å². The van der Waals surface area contributed by atoms with Gasteiger partial charge in [0.05, 0.1) is 30.0 Å². The van der Waals surface area contributed by atoms with E-state index in [4.69, 9.17) is 4.74 Å². The Morgan fingerprint density at radius 1 is 0.930 bits per heavy atom. The predicted octanol–water partition coefficient (Wildman–Crippen LogP) is 4.78. The zero-order valence-corrected chi connectivity index (χ0v) is 23.3. The lowest BCUT2D eigenvalue weighted by Crippen LogP contribution is -2.45. The number of phenols is 1. The van der Waals surface area contributed by atoms with Crippen LogP contribution in [0, 0.1) is 0 Å². The number of fused-ring (bicyclic) bond motifs is 2. The number of amides is 2. The minimum absolute atomic E-state index is 0.160. The normalized spacial score (nSPS) is 11.7. The topological polar surface area (TPSA) is 122 Å². The molecule has 0 bridgehead atoms. The molecule has 0 saturated carbocycles. The molecule has 10 nitrogen and oxygen atoms in total. The number of aromatic hydroxyl groups is 1. The van der Waals surface area contributed by atoms with Crippen molar-refractivity contribution >= 4 is 39.4 Å². The van der Waals surface area contributed by atoms with Crippen LogP contribution in [0.2, 0.25) is 0 Å². The Morgan fingerprint density at radius 3 is 2.47 bits per heavy atom. The van der Waals surface area contributed by atoms with Gasteiger partial charge in [0, 0.05) is 11.9 Å². The summed E-state index contributed by atoms with van der Waals surface area (Å²) < 4.78 is 6.74. The molecule has 0 fully saturated rings. The lowest BCUT2D eigenvalue weighted by molar-refractivity contribution is -0.127. The number of benzene rings is 4. The van der Waals surface area contributed by atoms with E-state index in [0.717, 1.165) is 16.5 Å². The van der Waals surface area contributed by atoms with Gasteiger partial charge in [-0.15, -0.1) is 5.10 Å². The molecule has 0 spiro atoms. The maximum atomic E-state index is 14.3. The van der Waals surface area contributed by atoms with E-state index in [1.807, 2.05) is 84.9 Å². The summed E-state index contributed by atoms with van der Waals surface area (Å²) in [4.78, 5) is 34.4. The van der Waals surface area contributed by atoms with Crippen molar-refractivity contribution in [1.82, 2.24) is 25.3 Å². The van der Waals surface area contributed by atoms with Gasteiger partial charge in [0.25, 0.3) is 0 Å². The molecular weight excluding hydrogens is 544 g/mol. The third kappa shape index (κ3) is 5.71. The smallest absolute Gasteiger partial charge is 0.249 e. The van der Waals surface area contributed by atoms with E-state index in [2.05, 4.69) is 20.6 Å². The Morgan fingerprint density at radius 2 is 1.67 bits per heavy atom. The molecule has 214 valence electrons. The number of ether oxygens (including phenoxy) is 1. The summed E-state index contributed by atoms with van der Waals surface area (Å²) in [5.41, 5.74) is 3.75. The summed E-state index contributed by atoms with van der Waals surface area (Å²) in [6, 6.07) is 29.6. The zero-order valence-electron chi connectivity index (χ0n) is 23.3. The Labute approximate surface area is 247 Å². The molecule has 0 aliphatic heterocycles. The van der Waals surface area contributed by atoms with E-state index >= 15 is 0 Å². The van der Waals surface area contributed by atoms with Gasteiger partial charge in [-0.1, -0.05) is 71.9 Å². The van der Waals surface area contributed by atoms with Crippen molar-refractivity contribution in [1.29, 1.82) is 0 Å². The molecule has 2 N–H and O–H groups in total. The summed E-state index contributed by atoms with van der Waals surface area (Å²) in [6.45, 7) is 0.0436. The number of carbonyl (C=O) groups excluding carboxylic acids is 2. The maximum absolute atomic E-state index is 14.3. The first kappa shape index (κ1) is 27.4. The van der Waals surface area contributed by atoms with Crippen molar-refractivity contribution in [2.75, 3.05) is 12.0 Å². The largest absolute Gasteiger partial charge is 0.504 e. The van der Waals surface area contributed by atoms with Crippen LogP contribution in [0.1, 0.15) is 17.2 Å². The number of nitrogens with zero attached hydrogens (tertiary/aromatic N) is 5. The molecule has 0 radical (unpaired) electrons. The third-order valence-corrected chi connectivity index (χ3v) is 7.16. The molecule has 0 saturated heterocycles. The molecule has 6 aromatic rings. The molecule has 0 aliphatic carbocycles. The Hall–Kier alpha value is -5.77. The van der Waals surface area contributed by atoms with E-state index in [-0.39, 0.29) is 24.6 Å². The Kier molecular flexibility index (Phi) is 7.64. The average Bonchev–Trinajstić information content (AvgIpc) is 3.45. The fraction of sp³-hybridized carbons (Fsp3) is 0.121. The van der Waals surface area contributed by atoms with Crippen LogP contribution in [-0.2, 0) is 22.7 Å². The lowest BCUT2D eigenvalue weighted by atomic mass is 10.0. The van der Waals surface area contributed by atoms with Gasteiger partial charge in [0.1, 0.15) is 18.1 Å². The highest BCUT2D eigenvalue weighted by Gasteiger charge is 2.34. The second-order valence-electron chi connectivity index (χ2n) is 9.92. The van der Waals surface area contributed by atoms with Crippen molar-refractivity contribution in [2.24, 2.45) is 0 Å². The Bertz CT molecular complexity index is 1920. The quantitative estimate of drug-likeness (QED) is 0.256. The summed E-state index contributed by atoms with van der Waals surface area (Å²) >= 11 is 0. The van der Waals surface area contributed by atoms with Crippen LogP contribution in [0.5, 0.6) is 11.5 Å². The first-order valence-electron chi connectivity index (χ1n) is 13.7. The van der Waals surface area contributed by atoms with Gasteiger partial charge >= 0.3 is 0 Å². The Balaban J connectivity index is 1.46. The zero-order chi connectivity index (χ0) is 29.8. The number of rotatable bonds is 9.